The van der Waals surface area contributed by atoms with Gasteiger partial charge in [0, 0.05) is 41.1 Å². The minimum atomic E-state index is 0.673. The van der Waals surface area contributed by atoms with E-state index in [9.17, 15) is 0 Å². The van der Waals surface area contributed by atoms with Gasteiger partial charge in [-0.1, -0.05) is 11.6 Å². The van der Waals surface area contributed by atoms with Crippen molar-refractivity contribution in [1.82, 2.24) is 19.8 Å². The molecule has 1 aromatic carbocycles. The van der Waals surface area contributed by atoms with Crippen molar-refractivity contribution in [2.24, 2.45) is 0 Å². The molecule has 2 aromatic heterocycles. The lowest BCUT2D eigenvalue weighted by Gasteiger charge is -2.16. The van der Waals surface area contributed by atoms with E-state index in [0.29, 0.717) is 6.54 Å². The molecule has 0 unspecified atom stereocenters. The van der Waals surface area contributed by atoms with Gasteiger partial charge in [-0.15, -0.1) is 5.06 Å². The van der Waals surface area contributed by atoms with Crippen LogP contribution < -0.4 is 0 Å². The summed E-state index contributed by atoms with van der Waals surface area (Å²) >= 11 is 6.10. The van der Waals surface area contributed by atoms with E-state index < -0.39 is 0 Å². The van der Waals surface area contributed by atoms with E-state index in [1.165, 1.54) is 10.9 Å². The lowest BCUT2D eigenvalue weighted by atomic mass is 10.1. The number of hydrogen-bond donors (Lipinski definition) is 1. The van der Waals surface area contributed by atoms with Gasteiger partial charge in [0.25, 0.3) is 0 Å². The average Bonchev–Trinajstić information content (AvgIpc) is 3.27. The van der Waals surface area contributed by atoms with Gasteiger partial charge in [-0.05, 0) is 42.3 Å². The summed E-state index contributed by atoms with van der Waals surface area (Å²) in [5, 5.41) is 8.11. The van der Waals surface area contributed by atoms with Crippen molar-refractivity contribution in [3.8, 4) is 0 Å². The third-order valence-corrected chi connectivity index (χ3v) is 4.24. The van der Waals surface area contributed by atoms with Crippen LogP contribution >= 0.6 is 11.6 Å². The van der Waals surface area contributed by atoms with E-state index >= 15 is 0 Å². The largest absolute Gasteiger partial charge is 0.408 e. The number of H-pyrrole nitrogens is 1. The van der Waals surface area contributed by atoms with E-state index in [-0.39, 0.29) is 0 Å². The SMILES string of the molecule is Clc1ccc2[nH]cc(CCN3CC=C(Cn4cccn4)O3)c2c1. The quantitative estimate of drug-likeness (QED) is 0.781. The lowest BCUT2D eigenvalue weighted by molar-refractivity contribution is -0.0939. The molecule has 1 N–H and O–H groups in total. The topological polar surface area (TPSA) is 46.1 Å². The highest BCUT2D eigenvalue weighted by Crippen LogP contribution is 2.23. The van der Waals surface area contributed by atoms with Gasteiger partial charge in [0.2, 0.25) is 0 Å². The third-order valence-electron chi connectivity index (χ3n) is 4.01. The maximum atomic E-state index is 6.10. The number of hydroxylamine groups is 2. The Morgan fingerprint density at radius 1 is 1.35 bits per heavy atom. The first kappa shape index (κ1) is 14.4. The normalized spacial score (nSPS) is 15.1. The number of aromatic amines is 1. The van der Waals surface area contributed by atoms with E-state index in [2.05, 4.69) is 22.4 Å². The van der Waals surface area contributed by atoms with E-state index in [1.807, 2.05) is 40.2 Å². The standard InChI is InChI=1S/C17H17ClN4O/c18-14-2-3-17-16(10-14)13(11-19-17)4-8-22-9-5-15(23-22)12-21-7-1-6-20-21/h1-3,5-7,10-11,19H,4,8-9,12H2. The van der Waals surface area contributed by atoms with Crippen molar-refractivity contribution in [2.45, 2.75) is 13.0 Å². The van der Waals surface area contributed by atoms with Crippen molar-refractivity contribution in [3.05, 3.63) is 65.3 Å². The highest BCUT2D eigenvalue weighted by Gasteiger charge is 2.16. The second-order valence-electron chi connectivity index (χ2n) is 5.61. The summed E-state index contributed by atoms with van der Waals surface area (Å²) in [5.74, 6) is 0.940. The van der Waals surface area contributed by atoms with Gasteiger partial charge in [0.15, 0.2) is 0 Å². The van der Waals surface area contributed by atoms with E-state index in [1.54, 1.807) is 6.20 Å². The van der Waals surface area contributed by atoms with E-state index in [4.69, 9.17) is 16.4 Å². The first-order chi connectivity index (χ1) is 11.3. The molecule has 1 aliphatic heterocycles. The van der Waals surface area contributed by atoms with Crippen LogP contribution in [0.3, 0.4) is 0 Å². The van der Waals surface area contributed by atoms with Crippen LogP contribution in [0.4, 0.5) is 0 Å². The van der Waals surface area contributed by atoms with Gasteiger partial charge in [0.1, 0.15) is 12.3 Å². The second kappa shape index (κ2) is 6.10. The van der Waals surface area contributed by atoms with Gasteiger partial charge >= 0.3 is 0 Å². The highest BCUT2D eigenvalue weighted by molar-refractivity contribution is 6.31. The van der Waals surface area contributed by atoms with Gasteiger partial charge < -0.3 is 9.82 Å². The Balaban J connectivity index is 1.36. The van der Waals surface area contributed by atoms with Crippen molar-refractivity contribution < 1.29 is 4.84 Å². The van der Waals surface area contributed by atoms with Crippen LogP contribution in [0.5, 0.6) is 0 Å². The summed E-state index contributed by atoms with van der Waals surface area (Å²) in [5.41, 5.74) is 2.37. The average molecular weight is 329 g/mol. The molecule has 0 saturated heterocycles. The molecule has 0 radical (unpaired) electrons. The monoisotopic (exact) mass is 328 g/mol. The molecular weight excluding hydrogens is 312 g/mol. The molecule has 0 atom stereocenters. The molecular formula is C17H17ClN4O. The van der Waals surface area contributed by atoms with Crippen molar-refractivity contribution in [1.29, 1.82) is 0 Å². The van der Waals surface area contributed by atoms with E-state index in [0.717, 1.165) is 35.8 Å². The number of benzene rings is 1. The number of allylic oxidation sites excluding steroid dienone is 1. The molecule has 118 valence electrons. The molecule has 0 spiro atoms. The first-order valence-electron chi connectivity index (χ1n) is 7.63. The number of aromatic nitrogens is 3. The van der Waals surface area contributed by atoms with Crippen molar-refractivity contribution in [3.63, 3.8) is 0 Å². The maximum absolute atomic E-state index is 6.10. The Labute approximate surface area is 139 Å². The van der Waals surface area contributed by atoms with Crippen molar-refractivity contribution >= 4 is 22.5 Å². The van der Waals surface area contributed by atoms with Gasteiger partial charge in [-0.3, -0.25) is 4.68 Å². The predicted molar refractivity (Wildman–Crippen MR) is 90.0 cm³/mol. The molecule has 0 amide bonds. The lowest BCUT2D eigenvalue weighted by Crippen LogP contribution is -2.22. The fourth-order valence-electron chi connectivity index (χ4n) is 2.83. The number of nitrogens with zero attached hydrogens (tertiary/aromatic N) is 3. The van der Waals surface area contributed by atoms with Crippen LogP contribution in [-0.4, -0.2) is 32.9 Å². The van der Waals surface area contributed by atoms with Crippen LogP contribution in [-0.2, 0) is 17.8 Å². The van der Waals surface area contributed by atoms with Crippen LogP contribution in [0.25, 0.3) is 10.9 Å². The summed E-state index contributed by atoms with van der Waals surface area (Å²) < 4.78 is 1.86. The minimum absolute atomic E-state index is 0.673. The zero-order valence-corrected chi connectivity index (χ0v) is 13.3. The Bertz CT molecular complexity index is 838. The Morgan fingerprint density at radius 2 is 2.30 bits per heavy atom. The number of hydrogen-bond acceptors (Lipinski definition) is 3. The van der Waals surface area contributed by atoms with Crippen LogP contribution in [0.15, 0.2) is 54.7 Å². The number of fused-ring (bicyclic) bond motifs is 1. The smallest absolute Gasteiger partial charge is 0.143 e. The highest BCUT2D eigenvalue weighted by atomic mass is 35.5. The number of halogens is 1. The fraction of sp³-hybridized carbons (Fsp3) is 0.235. The second-order valence-corrected chi connectivity index (χ2v) is 6.04. The summed E-state index contributed by atoms with van der Waals surface area (Å²) in [6, 6.07) is 7.83. The molecule has 3 heterocycles. The summed E-state index contributed by atoms with van der Waals surface area (Å²) in [6.07, 6.45) is 8.77. The maximum Gasteiger partial charge on any atom is 0.143 e. The summed E-state index contributed by atoms with van der Waals surface area (Å²) in [6.45, 7) is 2.31. The Hall–Kier alpha value is -2.24. The molecule has 0 bridgehead atoms. The summed E-state index contributed by atoms with van der Waals surface area (Å²) in [4.78, 5) is 9.15. The minimum Gasteiger partial charge on any atom is -0.408 e. The molecule has 0 fully saturated rings. The molecule has 3 aromatic rings. The van der Waals surface area contributed by atoms with Gasteiger partial charge in [0.05, 0.1) is 6.54 Å². The zero-order chi connectivity index (χ0) is 15.6. The molecule has 1 aliphatic rings. The van der Waals surface area contributed by atoms with Crippen LogP contribution in [0, 0.1) is 0 Å². The van der Waals surface area contributed by atoms with Crippen molar-refractivity contribution in [2.75, 3.05) is 13.1 Å². The fourth-order valence-corrected chi connectivity index (χ4v) is 3.00. The predicted octanol–water partition coefficient (Wildman–Crippen LogP) is 3.39. The molecule has 4 rings (SSSR count). The Kier molecular flexibility index (Phi) is 3.81. The van der Waals surface area contributed by atoms with Gasteiger partial charge in [-0.25, -0.2) is 0 Å². The summed E-state index contributed by atoms with van der Waals surface area (Å²) in [7, 11) is 0. The van der Waals surface area contributed by atoms with Crippen LogP contribution in [0.1, 0.15) is 5.56 Å². The third kappa shape index (κ3) is 3.11. The Morgan fingerprint density at radius 3 is 3.17 bits per heavy atom. The molecule has 5 nitrogen and oxygen atoms in total. The number of nitrogens with one attached hydrogen (secondary N) is 1. The first-order valence-corrected chi connectivity index (χ1v) is 8.00. The molecule has 23 heavy (non-hydrogen) atoms. The zero-order valence-electron chi connectivity index (χ0n) is 12.6. The molecule has 0 aliphatic carbocycles. The van der Waals surface area contributed by atoms with Crippen LogP contribution in [0.2, 0.25) is 5.02 Å². The number of rotatable bonds is 5. The molecule has 6 heteroatoms. The molecule has 0 saturated carbocycles. The van der Waals surface area contributed by atoms with Gasteiger partial charge in [-0.2, -0.15) is 5.10 Å².